The zero-order valence-corrected chi connectivity index (χ0v) is 15.1. The lowest BCUT2D eigenvalue weighted by atomic mass is 10.2. The second-order valence-electron chi connectivity index (χ2n) is 5.74. The van der Waals surface area contributed by atoms with Crippen molar-refractivity contribution in [1.29, 1.82) is 0 Å². The van der Waals surface area contributed by atoms with E-state index < -0.39 is 22.0 Å². The van der Waals surface area contributed by atoms with Gasteiger partial charge in [0.25, 0.3) is 0 Å². The summed E-state index contributed by atoms with van der Waals surface area (Å²) < 4.78 is 37.2. The summed E-state index contributed by atoms with van der Waals surface area (Å²) in [6.07, 6.45) is 0.343. The summed E-state index contributed by atoms with van der Waals surface area (Å²) in [5.41, 5.74) is 1.60. The third kappa shape index (κ3) is 4.33. The number of carbonyl (C=O) groups is 1. The van der Waals surface area contributed by atoms with Crippen molar-refractivity contribution in [2.45, 2.75) is 24.3 Å². The molecule has 2 aromatic carbocycles. The maximum atomic E-state index is 12.3. The number of carbonyl (C=O) groups excluding carboxylic acids is 1. The van der Waals surface area contributed by atoms with Crippen molar-refractivity contribution in [2.75, 3.05) is 18.5 Å². The molecule has 0 aromatic heterocycles. The number of hydrogen-bond donors (Lipinski definition) is 2. The van der Waals surface area contributed by atoms with Crippen molar-refractivity contribution in [3.05, 3.63) is 48.5 Å². The van der Waals surface area contributed by atoms with E-state index in [0.29, 0.717) is 13.0 Å². The van der Waals surface area contributed by atoms with Gasteiger partial charge in [-0.3, -0.25) is 4.79 Å². The highest BCUT2D eigenvalue weighted by molar-refractivity contribution is 7.89. The van der Waals surface area contributed by atoms with Crippen LogP contribution in [0.4, 0.5) is 11.4 Å². The van der Waals surface area contributed by atoms with Crippen molar-refractivity contribution < 1.29 is 22.7 Å². The van der Waals surface area contributed by atoms with Gasteiger partial charge in [-0.2, -0.15) is 4.72 Å². The van der Waals surface area contributed by atoms with E-state index in [-0.39, 0.29) is 11.5 Å². The third-order valence-electron chi connectivity index (χ3n) is 3.85. The SMILES string of the molecule is CCOc1ccc(Nc2ccc(S(=O)(=O)N[C@H]3CCOC3=O)cc2)cc1. The van der Waals surface area contributed by atoms with Crippen LogP contribution in [-0.2, 0) is 19.6 Å². The summed E-state index contributed by atoms with van der Waals surface area (Å²) in [6.45, 7) is 2.76. The molecule has 1 aliphatic rings. The summed E-state index contributed by atoms with van der Waals surface area (Å²) in [7, 11) is -3.77. The summed E-state index contributed by atoms with van der Waals surface area (Å²) in [5.74, 6) is 0.248. The van der Waals surface area contributed by atoms with Gasteiger partial charge in [0.2, 0.25) is 10.0 Å². The molecule has 0 bridgehead atoms. The molecule has 0 unspecified atom stereocenters. The van der Waals surface area contributed by atoms with Crippen LogP contribution in [0.2, 0.25) is 0 Å². The quantitative estimate of drug-likeness (QED) is 0.721. The largest absolute Gasteiger partial charge is 0.494 e. The maximum Gasteiger partial charge on any atom is 0.324 e. The van der Waals surface area contributed by atoms with E-state index in [1.54, 1.807) is 12.1 Å². The van der Waals surface area contributed by atoms with Crippen LogP contribution < -0.4 is 14.8 Å². The predicted octanol–water partition coefficient (Wildman–Crippen LogP) is 2.42. The topological polar surface area (TPSA) is 93.7 Å². The number of hydrogen-bond acceptors (Lipinski definition) is 6. The number of benzene rings is 2. The smallest absolute Gasteiger partial charge is 0.324 e. The van der Waals surface area contributed by atoms with Gasteiger partial charge < -0.3 is 14.8 Å². The highest BCUT2D eigenvalue weighted by atomic mass is 32.2. The van der Waals surface area contributed by atoms with Crippen LogP contribution in [0.5, 0.6) is 5.75 Å². The molecule has 1 saturated heterocycles. The molecule has 7 nitrogen and oxygen atoms in total. The highest BCUT2D eigenvalue weighted by Gasteiger charge is 2.31. The van der Waals surface area contributed by atoms with E-state index in [4.69, 9.17) is 9.47 Å². The Labute approximate surface area is 152 Å². The molecule has 1 heterocycles. The second kappa shape index (κ2) is 7.76. The van der Waals surface area contributed by atoms with Gasteiger partial charge in [-0.1, -0.05) is 0 Å². The molecule has 2 aromatic rings. The van der Waals surface area contributed by atoms with Crippen LogP contribution in [0.1, 0.15) is 13.3 Å². The van der Waals surface area contributed by atoms with Crippen LogP contribution in [0.25, 0.3) is 0 Å². The molecule has 3 rings (SSSR count). The molecule has 0 saturated carbocycles. The minimum Gasteiger partial charge on any atom is -0.494 e. The molecule has 1 aliphatic heterocycles. The van der Waals surface area contributed by atoms with E-state index in [1.807, 2.05) is 31.2 Å². The number of esters is 1. The number of nitrogens with one attached hydrogen (secondary N) is 2. The van der Waals surface area contributed by atoms with Gasteiger partial charge in [-0.05, 0) is 55.5 Å². The first-order valence-corrected chi connectivity index (χ1v) is 9.75. The van der Waals surface area contributed by atoms with E-state index in [9.17, 15) is 13.2 Å². The Morgan fingerprint density at radius 1 is 1.08 bits per heavy atom. The van der Waals surface area contributed by atoms with Crippen molar-refractivity contribution in [1.82, 2.24) is 4.72 Å². The van der Waals surface area contributed by atoms with Crippen LogP contribution in [0.15, 0.2) is 53.4 Å². The number of rotatable bonds is 7. The van der Waals surface area contributed by atoms with Crippen LogP contribution in [-0.4, -0.2) is 33.6 Å². The van der Waals surface area contributed by atoms with Gasteiger partial charge in [-0.25, -0.2) is 8.42 Å². The summed E-state index contributed by atoms with van der Waals surface area (Å²) in [6, 6.07) is 13.0. The molecule has 2 N–H and O–H groups in total. The van der Waals surface area contributed by atoms with Crippen molar-refractivity contribution in [3.8, 4) is 5.75 Å². The number of sulfonamides is 1. The normalized spacial score (nSPS) is 17.0. The number of cyclic esters (lactones) is 1. The fourth-order valence-electron chi connectivity index (χ4n) is 2.54. The second-order valence-corrected chi connectivity index (χ2v) is 7.45. The molecular formula is C18H20N2O5S. The van der Waals surface area contributed by atoms with Gasteiger partial charge in [0.1, 0.15) is 11.8 Å². The summed E-state index contributed by atoms with van der Waals surface area (Å²) in [5, 5.41) is 3.19. The molecule has 1 atom stereocenters. The first-order valence-electron chi connectivity index (χ1n) is 8.27. The minimum atomic E-state index is -3.77. The zero-order chi connectivity index (χ0) is 18.6. The van der Waals surface area contributed by atoms with Gasteiger partial charge in [0.05, 0.1) is 18.1 Å². The highest BCUT2D eigenvalue weighted by Crippen LogP contribution is 2.22. The van der Waals surface area contributed by atoms with Gasteiger partial charge in [-0.15, -0.1) is 0 Å². The monoisotopic (exact) mass is 376 g/mol. The molecular weight excluding hydrogens is 356 g/mol. The predicted molar refractivity (Wildman–Crippen MR) is 97.0 cm³/mol. The summed E-state index contributed by atoms with van der Waals surface area (Å²) in [4.78, 5) is 11.5. The Morgan fingerprint density at radius 2 is 1.69 bits per heavy atom. The average Bonchev–Trinajstić information content (AvgIpc) is 3.02. The van der Waals surface area contributed by atoms with Crippen molar-refractivity contribution in [2.24, 2.45) is 0 Å². The van der Waals surface area contributed by atoms with Gasteiger partial charge >= 0.3 is 5.97 Å². The van der Waals surface area contributed by atoms with Crippen molar-refractivity contribution >= 4 is 27.4 Å². The van der Waals surface area contributed by atoms with E-state index in [2.05, 4.69) is 10.0 Å². The zero-order valence-electron chi connectivity index (χ0n) is 14.3. The van der Waals surface area contributed by atoms with Crippen LogP contribution in [0.3, 0.4) is 0 Å². The Hall–Kier alpha value is -2.58. The number of ether oxygens (including phenoxy) is 2. The minimum absolute atomic E-state index is 0.0921. The Bertz CT molecular complexity index is 863. The fraction of sp³-hybridized carbons (Fsp3) is 0.278. The van der Waals surface area contributed by atoms with E-state index in [0.717, 1.165) is 17.1 Å². The van der Waals surface area contributed by atoms with Gasteiger partial charge in [0, 0.05) is 17.8 Å². The molecule has 8 heteroatoms. The number of anilines is 2. The lowest BCUT2D eigenvalue weighted by molar-refractivity contribution is -0.139. The lowest BCUT2D eigenvalue weighted by Gasteiger charge is -2.11. The van der Waals surface area contributed by atoms with E-state index in [1.165, 1.54) is 12.1 Å². The van der Waals surface area contributed by atoms with Gasteiger partial charge in [0.15, 0.2) is 0 Å². The first-order chi connectivity index (χ1) is 12.5. The molecule has 1 fully saturated rings. The van der Waals surface area contributed by atoms with E-state index >= 15 is 0 Å². The third-order valence-corrected chi connectivity index (χ3v) is 5.34. The molecule has 0 amide bonds. The average molecular weight is 376 g/mol. The maximum absolute atomic E-state index is 12.3. The molecule has 0 aliphatic carbocycles. The lowest BCUT2D eigenvalue weighted by Crippen LogP contribution is -2.37. The molecule has 138 valence electrons. The molecule has 0 radical (unpaired) electrons. The summed E-state index contributed by atoms with van der Waals surface area (Å²) >= 11 is 0. The molecule has 26 heavy (non-hydrogen) atoms. The van der Waals surface area contributed by atoms with Crippen LogP contribution in [0, 0.1) is 0 Å². The first kappa shape index (κ1) is 18.2. The Balaban J connectivity index is 1.66. The van der Waals surface area contributed by atoms with Crippen molar-refractivity contribution in [3.63, 3.8) is 0 Å². The Morgan fingerprint density at radius 3 is 2.23 bits per heavy atom. The Kier molecular flexibility index (Phi) is 5.43. The molecule has 0 spiro atoms. The van der Waals surface area contributed by atoms with Crippen LogP contribution >= 0.6 is 0 Å². The fourth-order valence-corrected chi connectivity index (χ4v) is 3.76. The standard InChI is InChI=1S/C18H20N2O5S/c1-2-24-15-7-3-13(4-8-15)19-14-5-9-16(10-6-14)26(22,23)20-17-11-12-25-18(17)21/h3-10,17,19-20H,2,11-12H2,1H3/t17-/m0/s1.